The van der Waals surface area contributed by atoms with Crippen molar-refractivity contribution in [2.45, 2.75) is 13.0 Å². The van der Waals surface area contributed by atoms with Gasteiger partial charge in [0.15, 0.2) is 0 Å². The van der Waals surface area contributed by atoms with E-state index in [2.05, 4.69) is 16.1 Å². The number of hydrogen-bond acceptors (Lipinski definition) is 3. The molecular weight excluding hydrogens is 283 g/mol. The molecule has 109 valence electrons. The molecule has 0 fully saturated rings. The number of rotatable bonds is 5. The molecule has 0 bridgehead atoms. The van der Waals surface area contributed by atoms with Gasteiger partial charge in [-0.25, -0.2) is 0 Å². The molecule has 0 saturated heterocycles. The van der Waals surface area contributed by atoms with E-state index in [1.54, 1.807) is 18.2 Å². The van der Waals surface area contributed by atoms with Crippen LogP contribution in [0.3, 0.4) is 0 Å². The molecule has 2 aromatic carbocycles. The SMILES string of the molecule is FC(F)(F)Oc1cccc(CO/N=[C]\c2ccccc2)c1. The number of hydrogen-bond donors (Lipinski definition) is 0. The van der Waals surface area contributed by atoms with Crippen LogP contribution >= 0.6 is 0 Å². The molecule has 0 aliphatic carbocycles. The molecule has 0 aliphatic rings. The van der Waals surface area contributed by atoms with Gasteiger partial charge < -0.3 is 9.57 Å². The van der Waals surface area contributed by atoms with E-state index in [-0.39, 0.29) is 12.4 Å². The van der Waals surface area contributed by atoms with Crippen LogP contribution in [-0.4, -0.2) is 12.6 Å². The fourth-order valence-electron chi connectivity index (χ4n) is 1.54. The normalized spacial score (nSPS) is 11.6. The summed E-state index contributed by atoms with van der Waals surface area (Å²) in [5.74, 6) is -0.292. The van der Waals surface area contributed by atoms with Gasteiger partial charge in [0, 0.05) is 5.56 Å². The summed E-state index contributed by atoms with van der Waals surface area (Å²) in [5.41, 5.74) is 1.25. The molecule has 0 spiro atoms. The van der Waals surface area contributed by atoms with E-state index in [0.717, 1.165) is 5.56 Å². The van der Waals surface area contributed by atoms with Gasteiger partial charge >= 0.3 is 6.36 Å². The van der Waals surface area contributed by atoms with Crippen molar-refractivity contribution in [3.05, 3.63) is 65.7 Å². The van der Waals surface area contributed by atoms with Gasteiger partial charge in [-0.1, -0.05) is 47.6 Å². The molecule has 6 heteroatoms. The molecule has 2 rings (SSSR count). The number of benzene rings is 2. The zero-order valence-corrected chi connectivity index (χ0v) is 10.8. The maximum absolute atomic E-state index is 12.1. The molecule has 2 aromatic rings. The number of halogens is 3. The molecular formula is C15H11F3NO2. The summed E-state index contributed by atoms with van der Waals surface area (Å²) in [6, 6.07) is 14.6. The second-order valence-electron chi connectivity index (χ2n) is 4.04. The summed E-state index contributed by atoms with van der Waals surface area (Å²) in [7, 11) is 0. The van der Waals surface area contributed by atoms with E-state index in [9.17, 15) is 13.2 Å². The lowest BCUT2D eigenvalue weighted by Crippen LogP contribution is -2.17. The summed E-state index contributed by atoms with van der Waals surface area (Å²) < 4.78 is 40.1. The molecule has 0 atom stereocenters. The molecule has 1 radical (unpaired) electrons. The molecule has 0 unspecified atom stereocenters. The van der Waals surface area contributed by atoms with E-state index >= 15 is 0 Å². The van der Waals surface area contributed by atoms with E-state index < -0.39 is 6.36 Å². The van der Waals surface area contributed by atoms with Gasteiger partial charge in [0.2, 0.25) is 0 Å². The first-order valence-corrected chi connectivity index (χ1v) is 6.01. The van der Waals surface area contributed by atoms with Gasteiger partial charge in [0.1, 0.15) is 18.6 Å². The monoisotopic (exact) mass is 294 g/mol. The van der Waals surface area contributed by atoms with Crippen molar-refractivity contribution in [3.8, 4) is 5.75 Å². The Labute approximate surface area is 119 Å². The van der Waals surface area contributed by atoms with Gasteiger partial charge in [-0.3, -0.25) is 0 Å². The summed E-state index contributed by atoms with van der Waals surface area (Å²) in [6.07, 6.45) is -2.05. The highest BCUT2D eigenvalue weighted by Crippen LogP contribution is 2.23. The van der Waals surface area contributed by atoms with E-state index in [4.69, 9.17) is 4.84 Å². The minimum absolute atomic E-state index is 0.0227. The molecule has 0 saturated carbocycles. The Balaban J connectivity index is 1.89. The first-order valence-electron chi connectivity index (χ1n) is 6.01. The van der Waals surface area contributed by atoms with Crippen LogP contribution in [0.4, 0.5) is 13.2 Å². The van der Waals surface area contributed by atoms with Crippen molar-refractivity contribution < 1.29 is 22.7 Å². The summed E-state index contributed by atoms with van der Waals surface area (Å²) in [4.78, 5) is 4.99. The van der Waals surface area contributed by atoms with Gasteiger partial charge in [-0.15, -0.1) is 13.2 Å². The predicted molar refractivity (Wildman–Crippen MR) is 70.9 cm³/mol. The van der Waals surface area contributed by atoms with Crippen LogP contribution in [0.25, 0.3) is 0 Å². The minimum Gasteiger partial charge on any atom is -0.406 e. The van der Waals surface area contributed by atoms with Gasteiger partial charge in [0.05, 0.1) is 0 Å². The molecule has 21 heavy (non-hydrogen) atoms. The number of ether oxygens (including phenoxy) is 1. The van der Waals surface area contributed by atoms with Crippen molar-refractivity contribution >= 4 is 6.21 Å². The zero-order valence-electron chi connectivity index (χ0n) is 10.8. The minimum atomic E-state index is -4.71. The third-order valence-electron chi connectivity index (χ3n) is 2.38. The van der Waals surface area contributed by atoms with E-state index in [1.807, 2.05) is 18.2 Å². The van der Waals surface area contributed by atoms with Crippen LogP contribution < -0.4 is 4.74 Å². The molecule has 0 aromatic heterocycles. The fourth-order valence-corrected chi connectivity index (χ4v) is 1.54. The Morgan fingerprint density at radius 2 is 1.76 bits per heavy atom. The quantitative estimate of drug-likeness (QED) is 0.616. The maximum atomic E-state index is 12.1. The average Bonchev–Trinajstić information content (AvgIpc) is 2.43. The van der Waals surface area contributed by atoms with Gasteiger partial charge in [-0.05, 0) is 17.7 Å². The van der Waals surface area contributed by atoms with Crippen molar-refractivity contribution in [2.24, 2.45) is 5.16 Å². The molecule has 0 aliphatic heterocycles. The molecule has 3 nitrogen and oxygen atoms in total. The fraction of sp³-hybridized carbons (Fsp3) is 0.133. The highest BCUT2D eigenvalue weighted by Gasteiger charge is 2.31. The van der Waals surface area contributed by atoms with Crippen LogP contribution in [0.5, 0.6) is 5.75 Å². The van der Waals surface area contributed by atoms with E-state index in [0.29, 0.717) is 5.56 Å². The topological polar surface area (TPSA) is 30.8 Å². The zero-order chi connectivity index (χ0) is 15.1. The Morgan fingerprint density at radius 1 is 1.00 bits per heavy atom. The standard InChI is InChI=1S/C15H11F3NO2/c16-15(17,18)21-14-8-4-7-13(9-14)11-20-19-10-12-5-2-1-3-6-12/h1-9H,11H2. The highest BCUT2D eigenvalue weighted by molar-refractivity contribution is 5.78. The predicted octanol–water partition coefficient (Wildman–Crippen LogP) is 4.01. The smallest absolute Gasteiger partial charge is 0.406 e. The van der Waals surface area contributed by atoms with Crippen molar-refractivity contribution in [2.75, 3.05) is 0 Å². The van der Waals surface area contributed by atoms with E-state index in [1.165, 1.54) is 18.2 Å². The van der Waals surface area contributed by atoms with Crippen LogP contribution in [0.2, 0.25) is 0 Å². The second-order valence-corrected chi connectivity index (χ2v) is 4.04. The third-order valence-corrected chi connectivity index (χ3v) is 2.38. The third kappa shape index (κ3) is 5.56. The van der Waals surface area contributed by atoms with Crippen molar-refractivity contribution in [1.29, 1.82) is 0 Å². The largest absolute Gasteiger partial charge is 0.573 e. The Morgan fingerprint density at radius 3 is 2.48 bits per heavy atom. The van der Waals surface area contributed by atoms with Crippen LogP contribution in [0, 0.1) is 0 Å². The molecule has 0 amide bonds. The lowest BCUT2D eigenvalue weighted by Gasteiger charge is -2.09. The first-order chi connectivity index (χ1) is 10.0. The van der Waals surface area contributed by atoms with Crippen LogP contribution in [0.1, 0.15) is 11.1 Å². The summed E-state index contributed by atoms with van der Waals surface area (Å²) >= 11 is 0. The number of alkyl halides is 3. The lowest BCUT2D eigenvalue weighted by molar-refractivity contribution is -0.274. The Kier molecular flexibility index (Phi) is 4.81. The molecule has 0 N–H and O–H groups in total. The van der Waals surface area contributed by atoms with Gasteiger partial charge in [-0.2, -0.15) is 0 Å². The summed E-state index contributed by atoms with van der Waals surface area (Å²) in [6.45, 7) is 0.0227. The van der Waals surface area contributed by atoms with Gasteiger partial charge in [0.25, 0.3) is 0 Å². The summed E-state index contributed by atoms with van der Waals surface area (Å²) in [5, 5.41) is 3.63. The van der Waals surface area contributed by atoms with Crippen molar-refractivity contribution in [1.82, 2.24) is 0 Å². The van der Waals surface area contributed by atoms with Crippen LogP contribution in [0.15, 0.2) is 59.8 Å². The lowest BCUT2D eigenvalue weighted by atomic mass is 10.2. The Bertz CT molecular complexity index is 597. The highest BCUT2D eigenvalue weighted by atomic mass is 19.4. The number of nitrogens with zero attached hydrogens (tertiary/aromatic N) is 1. The van der Waals surface area contributed by atoms with Crippen molar-refractivity contribution in [3.63, 3.8) is 0 Å². The average molecular weight is 294 g/mol. The van der Waals surface area contributed by atoms with Crippen LogP contribution in [-0.2, 0) is 11.4 Å². The second kappa shape index (κ2) is 6.78. The first kappa shape index (κ1) is 14.9. The maximum Gasteiger partial charge on any atom is 0.573 e. The molecule has 0 heterocycles. The Hall–Kier alpha value is -2.50.